The van der Waals surface area contributed by atoms with E-state index in [0.717, 1.165) is 0 Å². The van der Waals surface area contributed by atoms with Crippen molar-refractivity contribution in [2.45, 2.75) is 114 Å². The van der Waals surface area contributed by atoms with Crippen molar-refractivity contribution in [3.8, 4) is 5.75 Å². The number of aromatic hydroxyl groups is 1. The number of nitrogens with two attached hydrogens (primary N) is 4. The number of aromatic amines is 1. The minimum atomic E-state index is -1.40. The summed E-state index contributed by atoms with van der Waals surface area (Å²) in [6.07, 6.45) is 3.11. The van der Waals surface area contributed by atoms with E-state index in [1.165, 1.54) is 41.7 Å². The second kappa shape index (κ2) is 26.0. The molecule has 16 N–H and O–H groups in total. The maximum absolute atomic E-state index is 14.5. The number of guanidine groups is 1. The van der Waals surface area contributed by atoms with E-state index >= 15 is 0 Å². The molecular formula is C45H63N13O10. The Bertz CT molecular complexity index is 2220. The van der Waals surface area contributed by atoms with Gasteiger partial charge in [-0.25, -0.2) is 4.98 Å². The Morgan fingerprint density at radius 2 is 1.35 bits per heavy atom. The number of aromatic nitrogens is 2. The molecule has 1 fully saturated rings. The molecule has 68 heavy (non-hydrogen) atoms. The first-order chi connectivity index (χ1) is 32.3. The summed E-state index contributed by atoms with van der Waals surface area (Å²) < 4.78 is 0. The molecule has 4 rings (SSSR count). The van der Waals surface area contributed by atoms with Gasteiger partial charge in [0.25, 0.3) is 0 Å². The van der Waals surface area contributed by atoms with Crippen LogP contribution in [-0.4, -0.2) is 134 Å². The lowest BCUT2D eigenvalue weighted by molar-refractivity contribution is -0.141. The Morgan fingerprint density at radius 3 is 1.93 bits per heavy atom. The average Bonchev–Trinajstić information content (AvgIpc) is 4.01. The lowest BCUT2D eigenvalue weighted by Gasteiger charge is -2.30. The van der Waals surface area contributed by atoms with Crippen LogP contribution < -0.4 is 49.5 Å². The minimum Gasteiger partial charge on any atom is -0.508 e. The van der Waals surface area contributed by atoms with Crippen molar-refractivity contribution in [3.63, 3.8) is 0 Å². The molecular weight excluding hydrogens is 883 g/mol. The van der Waals surface area contributed by atoms with E-state index in [-0.39, 0.29) is 63.3 Å². The molecule has 1 saturated heterocycles. The number of rotatable bonds is 26. The van der Waals surface area contributed by atoms with Gasteiger partial charge in [0.05, 0.1) is 12.4 Å². The van der Waals surface area contributed by atoms with Gasteiger partial charge in [0.2, 0.25) is 41.4 Å². The molecule has 0 saturated carbocycles. The van der Waals surface area contributed by atoms with E-state index in [9.17, 15) is 43.5 Å². The van der Waals surface area contributed by atoms with E-state index in [4.69, 9.17) is 28.0 Å². The number of aliphatic imine (C=N–C) groups is 1. The van der Waals surface area contributed by atoms with Crippen LogP contribution in [0.2, 0.25) is 0 Å². The summed E-state index contributed by atoms with van der Waals surface area (Å²) in [4.78, 5) is 120. The number of carboxylic acids is 1. The van der Waals surface area contributed by atoms with Crippen molar-refractivity contribution < 1.29 is 48.6 Å². The molecule has 1 aliphatic rings. The van der Waals surface area contributed by atoms with Crippen molar-refractivity contribution in [1.29, 1.82) is 0 Å². The van der Waals surface area contributed by atoms with Crippen molar-refractivity contribution in [1.82, 2.24) is 41.5 Å². The van der Waals surface area contributed by atoms with Gasteiger partial charge in [-0.15, -0.1) is 0 Å². The van der Waals surface area contributed by atoms with E-state index < -0.39 is 102 Å². The van der Waals surface area contributed by atoms with Crippen LogP contribution in [-0.2, 0) is 57.6 Å². The number of nitrogens with one attached hydrogen (secondary N) is 6. The molecule has 2 aromatic carbocycles. The Morgan fingerprint density at radius 1 is 0.765 bits per heavy atom. The van der Waals surface area contributed by atoms with Gasteiger partial charge >= 0.3 is 5.97 Å². The molecule has 23 heteroatoms. The number of phenolic OH excluding ortho intramolecular Hbond substituents is 1. The van der Waals surface area contributed by atoms with E-state index in [0.29, 0.717) is 29.7 Å². The Kier molecular flexibility index (Phi) is 20.3. The third-order valence-corrected chi connectivity index (χ3v) is 11.2. The van der Waals surface area contributed by atoms with Crippen LogP contribution in [0.15, 0.2) is 72.1 Å². The number of hydrogen-bond donors (Lipinski definition) is 12. The molecule has 0 bridgehead atoms. The van der Waals surface area contributed by atoms with Crippen LogP contribution in [0, 0.1) is 5.92 Å². The van der Waals surface area contributed by atoms with Crippen LogP contribution >= 0.6 is 0 Å². The minimum absolute atomic E-state index is 0.0126. The Balaban J connectivity index is 1.62. The molecule has 1 aliphatic heterocycles. The third kappa shape index (κ3) is 16.7. The summed E-state index contributed by atoms with van der Waals surface area (Å²) in [6, 6.07) is 5.94. The topological polar surface area (TPSA) is 386 Å². The highest BCUT2D eigenvalue weighted by Gasteiger charge is 2.39. The fourth-order valence-electron chi connectivity index (χ4n) is 7.54. The molecule has 368 valence electrons. The Hall–Kier alpha value is -7.56. The molecule has 7 atom stereocenters. The number of H-pyrrole nitrogens is 1. The predicted molar refractivity (Wildman–Crippen MR) is 247 cm³/mol. The van der Waals surface area contributed by atoms with Crippen molar-refractivity contribution in [3.05, 3.63) is 83.9 Å². The van der Waals surface area contributed by atoms with Crippen LogP contribution in [0.25, 0.3) is 0 Å². The lowest BCUT2D eigenvalue weighted by Crippen LogP contribution is -2.61. The number of carboxylic acid groups (broad SMARTS) is 1. The summed E-state index contributed by atoms with van der Waals surface area (Å²) in [7, 11) is 0. The highest BCUT2D eigenvalue weighted by Crippen LogP contribution is 2.20. The van der Waals surface area contributed by atoms with Crippen molar-refractivity contribution >= 4 is 53.3 Å². The highest BCUT2D eigenvalue weighted by atomic mass is 16.4. The van der Waals surface area contributed by atoms with E-state index in [1.54, 1.807) is 44.2 Å². The number of likely N-dealkylation sites (tertiary alicyclic amines) is 1. The number of aliphatic carboxylic acids is 1. The SMILES string of the molecule is CC(C)[C@H](NC(=O)[C@H](CCCN=C(N)N)NC(=O)[C@@H](N)CCC(=O)O)C(=O)N[C@@H](Cc1ccc(O)cc1)C(=O)N[C@@H](Cc1ccccc1)C(=O)N[C@@H](Cc1cnc[nH]1)C(=O)N1CCC[C@H]1C(N)=O. The zero-order valence-electron chi connectivity index (χ0n) is 38.1. The number of carbonyl (C=O) groups is 8. The summed E-state index contributed by atoms with van der Waals surface area (Å²) >= 11 is 0. The zero-order valence-corrected chi connectivity index (χ0v) is 38.1. The third-order valence-electron chi connectivity index (χ3n) is 11.2. The molecule has 0 aliphatic carbocycles. The van der Waals surface area contributed by atoms with Crippen molar-refractivity contribution in [2.75, 3.05) is 13.1 Å². The molecule has 3 aromatic rings. The Labute approximate surface area is 393 Å². The van der Waals surface area contributed by atoms with Crippen molar-refractivity contribution in [2.24, 2.45) is 33.8 Å². The van der Waals surface area contributed by atoms with E-state index in [2.05, 4.69) is 41.5 Å². The van der Waals surface area contributed by atoms with Crippen LogP contribution in [0.3, 0.4) is 0 Å². The summed E-state index contributed by atoms with van der Waals surface area (Å²) in [5, 5.41) is 32.5. The van der Waals surface area contributed by atoms with Gasteiger partial charge in [-0.05, 0) is 61.3 Å². The largest absolute Gasteiger partial charge is 0.508 e. The van der Waals surface area contributed by atoms with Gasteiger partial charge in [0.15, 0.2) is 5.96 Å². The monoisotopic (exact) mass is 945 g/mol. The summed E-state index contributed by atoms with van der Waals surface area (Å²) in [5.41, 5.74) is 24.1. The summed E-state index contributed by atoms with van der Waals surface area (Å²) in [6.45, 7) is 3.61. The fraction of sp³-hybridized carbons (Fsp3) is 0.467. The van der Waals surface area contributed by atoms with Gasteiger partial charge < -0.3 is 69.6 Å². The fourth-order valence-corrected chi connectivity index (χ4v) is 7.54. The standard InChI is InChI=1S/C45H63N13O10/c1-25(2)37(57-40(64)31(10-6-18-51-45(48)49)53-39(63)30(46)16-17-36(60)61)43(67)55-33(21-27-12-14-29(59)15-13-27)41(65)54-32(20-26-8-4-3-5-9-26)42(66)56-34(22-28-23-50-24-52-28)44(68)58-19-7-11-35(58)38(47)62/h3-5,8-9,12-15,23-25,30-35,37,59H,6-7,10-11,16-22,46H2,1-2H3,(H2,47,62)(H,50,52)(H,53,63)(H,54,65)(H,55,67)(H,56,66)(H,57,64)(H,60,61)(H4,48,49,51)/t30-,31-,32-,33-,34-,35-,37-/m0/s1. The number of nitrogens with zero attached hydrogens (tertiary/aromatic N) is 3. The lowest BCUT2D eigenvalue weighted by atomic mass is 9.99. The number of primary amides is 1. The van der Waals surface area contributed by atoms with Crippen LogP contribution in [0.1, 0.15) is 69.2 Å². The first kappa shape index (κ1) is 53.1. The van der Waals surface area contributed by atoms with Gasteiger partial charge in [-0.2, -0.15) is 0 Å². The molecule has 0 radical (unpaired) electrons. The van der Waals surface area contributed by atoms with Crippen LogP contribution in [0.5, 0.6) is 5.75 Å². The predicted octanol–water partition coefficient (Wildman–Crippen LogP) is -2.05. The number of carbonyl (C=O) groups excluding carboxylic acids is 7. The second-order valence-electron chi connectivity index (χ2n) is 16.9. The number of amides is 7. The first-order valence-corrected chi connectivity index (χ1v) is 22.3. The number of imidazole rings is 1. The van der Waals surface area contributed by atoms with E-state index in [1.807, 2.05) is 0 Å². The maximum Gasteiger partial charge on any atom is 0.303 e. The average molecular weight is 946 g/mol. The zero-order chi connectivity index (χ0) is 49.9. The molecule has 0 spiro atoms. The molecule has 7 amide bonds. The molecule has 2 heterocycles. The van der Waals surface area contributed by atoms with Gasteiger partial charge in [0, 0.05) is 50.7 Å². The highest BCUT2D eigenvalue weighted by molar-refractivity contribution is 5.97. The van der Waals surface area contributed by atoms with Gasteiger partial charge in [0.1, 0.15) is 42.0 Å². The molecule has 23 nitrogen and oxygen atoms in total. The number of phenols is 1. The quantitative estimate of drug-likeness (QED) is 0.0234. The maximum atomic E-state index is 14.5. The smallest absolute Gasteiger partial charge is 0.303 e. The number of hydrogen-bond acceptors (Lipinski definition) is 12. The molecule has 0 unspecified atom stereocenters. The van der Waals surface area contributed by atoms with Gasteiger partial charge in [-0.1, -0.05) is 56.3 Å². The van der Waals surface area contributed by atoms with Crippen LogP contribution in [0.4, 0.5) is 0 Å². The summed E-state index contributed by atoms with van der Waals surface area (Å²) in [5.74, 6) is -7.24. The van der Waals surface area contributed by atoms with Gasteiger partial charge in [-0.3, -0.25) is 43.3 Å². The normalized spacial score (nSPS) is 15.9. The number of benzene rings is 2. The first-order valence-electron chi connectivity index (χ1n) is 22.3. The molecule has 1 aromatic heterocycles. The second-order valence-corrected chi connectivity index (χ2v) is 16.9.